The Morgan fingerprint density at radius 3 is 2.61 bits per heavy atom. The summed E-state index contributed by atoms with van der Waals surface area (Å²) < 4.78 is 5.45. The van der Waals surface area contributed by atoms with Crippen molar-refractivity contribution in [3.05, 3.63) is 0 Å². The van der Waals surface area contributed by atoms with Crippen LogP contribution in [-0.4, -0.2) is 47.2 Å². The van der Waals surface area contributed by atoms with Gasteiger partial charge in [-0.05, 0) is 39.5 Å². The fourth-order valence-corrected chi connectivity index (χ4v) is 2.07. The first kappa shape index (κ1) is 15.0. The fraction of sp³-hybridized carbons (Fsp3) is 0.846. The van der Waals surface area contributed by atoms with Crippen LogP contribution in [0, 0.1) is 5.92 Å². The van der Waals surface area contributed by atoms with Crippen molar-refractivity contribution in [3.63, 3.8) is 0 Å². The lowest BCUT2D eigenvalue weighted by atomic mass is 9.95. The van der Waals surface area contributed by atoms with Gasteiger partial charge in [0.1, 0.15) is 6.61 Å². The van der Waals surface area contributed by atoms with Crippen LogP contribution in [0.2, 0.25) is 0 Å². The Morgan fingerprint density at radius 1 is 1.39 bits per heavy atom. The topological polar surface area (TPSA) is 66.8 Å². The number of carbonyl (C=O) groups excluding carboxylic acids is 1. The summed E-state index contributed by atoms with van der Waals surface area (Å²) in [7, 11) is 0. The molecule has 0 bridgehead atoms. The van der Waals surface area contributed by atoms with E-state index in [4.69, 9.17) is 9.84 Å². The van der Waals surface area contributed by atoms with Crippen molar-refractivity contribution in [2.24, 2.45) is 5.92 Å². The van der Waals surface area contributed by atoms with Gasteiger partial charge in [-0.2, -0.15) is 0 Å². The van der Waals surface area contributed by atoms with Gasteiger partial charge in [0, 0.05) is 19.5 Å². The highest BCUT2D eigenvalue weighted by Gasteiger charge is 2.26. The first-order chi connectivity index (χ1) is 8.28. The molecule has 1 aliphatic heterocycles. The minimum absolute atomic E-state index is 0.0417. The van der Waals surface area contributed by atoms with Crippen LogP contribution in [0.5, 0.6) is 0 Å². The van der Waals surface area contributed by atoms with Crippen molar-refractivity contribution >= 4 is 11.9 Å². The van der Waals surface area contributed by atoms with Gasteiger partial charge in [0.2, 0.25) is 5.91 Å². The maximum Gasteiger partial charge on any atom is 0.303 e. The number of amides is 1. The van der Waals surface area contributed by atoms with E-state index in [1.165, 1.54) is 0 Å². The molecule has 5 heteroatoms. The summed E-state index contributed by atoms with van der Waals surface area (Å²) in [5, 5.41) is 8.77. The molecule has 0 aromatic rings. The smallest absolute Gasteiger partial charge is 0.303 e. The average Bonchev–Trinajstić information content (AvgIpc) is 2.24. The molecule has 18 heavy (non-hydrogen) atoms. The van der Waals surface area contributed by atoms with Crippen molar-refractivity contribution in [2.75, 3.05) is 19.7 Å². The van der Waals surface area contributed by atoms with Crippen LogP contribution in [0.3, 0.4) is 0 Å². The number of carbonyl (C=O) groups is 2. The van der Waals surface area contributed by atoms with E-state index in [0.717, 1.165) is 12.8 Å². The Hall–Kier alpha value is -1.10. The van der Waals surface area contributed by atoms with Gasteiger partial charge in [-0.25, -0.2) is 0 Å². The first-order valence-corrected chi connectivity index (χ1v) is 6.41. The molecule has 0 aromatic heterocycles. The molecule has 1 saturated heterocycles. The number of carboxylic acids is 1. The zero-order valence-electron chi connectivity index (χ0n) is 11.4. The van der Waals surface area contributed by atoms with Crippen LogP contribution < -0.4 is 0 Å². The number of ether oxygens (including phenoxy) is 1. The molecule has 0 radical (unpaired) electrons. The Labute approximate surface area is 108 Å². The second-order valence-electron chi connectivity index (χ2n) is 5.85. The normalized spacial score (nSPS) is 20.8. The van der Waals surface area contributed by atoms with E-state index in [-0.39, 0.29) is 30.5 Å². The molecule has 0 spiro atoms. The largest absolute Gasteiger partial charge is 0.481 e. The fourth-order valence-electron chi connectivity index (χ4n) is 2.07. The van der Waals surface area contributed by atoms with E-state index >= 15 is 0 Å². The van der Waals surface area contributed by atoms with Crippen LogP contribution in [0.25, 0.3) is 0 Å². The van der Waals surface area contributed by atoms with Crippen LogP contribution in [-0.2, 0) is 14.3 Å². The van der Waals surface area contributed by atoms with Gasteiger partial charge in [0.05, 0.1) is 5.60 Å². The number of carboxylic acid groups (broad SMARTS) is 1. The third-order valence-corrected chi connectivity index (χ3v) is 2.96. The second-order valence-corrected chi connectivity index (χ2v) is 5.85. The highest BCUT2D eigenvalue weighted by atomic mass is 16.5. The van der Waals surface area contributed by atoms with Gasteiger partial charge in [-0.15, -0.1) is 0 Å². The second kappa shape index (κ2) is 6.18. The maximum absolute atomic E-state index is 11.9. The molecule has 1 fully saturated rings. The van der Waals surface area contributed by atoms with Gasteiger partial charge < -0.3 is 14.7 Å². The number of piperidine rings is 1. The number of rotatable bonds is 4. The molecule has 1 atom stereocenters. The Kier molecular flexibility index (Phi) is 5.14. The highest BCUT2D eigenvalue weighted by Crippen LogP contribution is 2.20. The van der Waals surface area contributed by atoms with Gasteiger partial charge in [0.25, 0.3) is 0 Å². The number of aliphatic carboxylic acids is 1. The minimum atomic E-state index is -0.791. The number of hydrogen-bond donors (Lipinski definition) is 1. The summed E-state index contributed by atoms with van der Waals surface area (Å²) in [6, 6.07) is 0. The SMILES string of the molecule is CC(C)(C)OCC(=O)N1CCCC(CC(=O)O)C1. The van der Waals surface area contributed by atoms with Crippen LogP contribution in [0.1, 0.15) is 40.0 Å². The molecule has 0 saturated carbocycles. The molecule has 0 aromatic carbocycles. The molecule has 5 nitrogen and oxygen atoms in total. The Balaban J connectivity index is 2.41. The van der Waals surface area contributed by atoms with E-state index in [1.807, 2.05) is 20.8 Å². The number of likely N-dealkylation sites (tertiary alicyclic amines) is 1. The summed E-state index contributed by atoms with van der Waals surface area (Å²) in [5.74, 6) is -0.755. The van der Waals surface area contributed by atoms with E-state index in [9.17, 15) is 9.59 Å². The molecular weight excluding hydrogens is 234 g/mol. The monoisotopic (exact) mass is 257 g/mol. The number of nitrogens with zero attached hydrogens (tertiary/aromatic N) is 1. The minimum Gasteiger partial charge on any atom is -0.481 e. The van der Waals surface area contributed by atoms with Crippen LogP contribution in [0.4, 0.5) is 0 Å². The molecule has 1 N–H and O–H groups in total. The molecule has 104 valence electrons. The third-order valence-electron chi connectivity index (χ3n) is 2.96. The van der Waals surface area contributed by atoms with Crippen LogP contribution in [0.15, 0.2) is 0 Å². The third kappa shape index (κ3) is 5.49. The summed E-state index contributed by atoms with van der Waals surface area (Å²) in [6.07, 6.45) is 1.90. The Bertz CT molecular complexity index is 309. The van der Waals surface area contributed by atoms with Crippen molar-refractivity contribution in [2.45, 2.75) is 45.6 Å². The van der Waals surface area contributed by atoms with Gasteiger partial charge in [-0.3, -0.25) is 9.59 Å². The standard InChI is InChI=1S/C13H23NO4/c1-13(2,3)18-9-11(15)14-6-4-5-10(8-14)7-12(16)17/h10H,4-9H2,1-3H3,(H,16,17). The molecule has 0 aliphatic carbocycles. The molecule has 1 amide bonds. The summed E-state index contributed by atoms with van der Waals surface area (Å²) >= 11 is 0. The maximum atomic E-state index is 11.9. The summed E-state index contributed by atoms with van der Waals surface area (Å²) in [4.78, 5) is 24.3. The predicted molar refractivity (Wildman–Crippen MR) is 67.3 cm³/mol. The lowest BCUT2D eigenvalue weighted by molar-refractivity contribution is -0.145. The molecule has 1 aliphatic rings. The van der Waals surface area contributed by atoms with E-state index in [1.54, 1.807) is 4.90 Å². The van der Waals surface area contributed by atoms with Gasteiger partial charge >= 0.3 is 5.97 Å². The lowest BCUT2D eigenvalue weighted by Crippen LogP contribution is -2.43. The molecule has 1 unspecified atom stereocenters. The molecular formula is C13H23NO4. The predicted octanol–water partition coefficient (Wildman–Crippen LogP) is 1.51. The van der Waals surface area contributed by atoms with Gasteiger partial charge in [-0.1, -0.05) is 0 Å². The zero-order valence-corrected chi connectivity index (χ0v) is 11.4. The van der Waals surface area contributed by atoms with Crippen molar-refractivity contribution in [1.29, 1.82) is 0 Å². The van der Waals surface area contributed by atoms with Gasteiger partial charge in [0.15, 0.2) is 0 Å². The first-order valence-electron chi connectivity index (χ1n) is 6.41. The van der Waals surface area contributed by atoms with Crippen molar-refractivity contribution < 1.29 is 19.4 Å². The molecule has 1 rings (SSSR count). The number of hydrogen-bond acceptors (Lipinski definition) is 3. The van der Waals surface area contributed by atoms with Crippen LogP contribution >= 0.6 is 0 Å². The molecule has 1 heterocycles. The summed E-state index contributed by atoms with van der Waals surface area (Å²) in [6.45, 7) is 7.04. The van der Waals surface area contributed by atoms with E-state index in [0.29, 0.717) is 13.1 Å². The van der Waals surface area contributed by atoms with Crippen molar-refractivity contribution in [3.8, 4) is 0 Å². The van der Waals surface area contributed by atoms with E-state index in [2.05, 4.69) is 0 Å². The summed E-state index contributed by atoms with van der Waals surface area (Å²) in [5.41, 5.74) is -0.327. The average molecular weight is 257 g/mol. The Morgan fingerprint density at radius 2 is 2.06 bits per heavy atom. The zero-order chi connectivity index (χ0) is 13.8. The lowest BCUT2D eigenvalue weighted by Gasteiger charge is -2.32. The van der Waals surface area contributed by atoms with E-state index < -0.39 is 5.97 Å². The quantitative estimate of drug-likeness (QED) is 0.829. The van der Waals surface area contributed by atoms with Crippen molar-refractivity contribution in [1.82, 2.24) is 4.90 Å². The highest BCUT2D eigenvalue weighted by molar-refractivity contribution is 5.77.